The Kier molecular flexibility index (Phi) is 7.91. The topological polar surface area (TPSA) is 137 Å². The van der Waals surface area contributed by atoms with Crippen molar-refractivity contribution in [2.24, 2.45) is 5.92 Å². The molecule has 0 aliphatic carbocycles. The Bertz CT molecular complexity index is 1060. The van der Waals surface area contributed by atoms with Gasteiger partial charge in [-0.15, -0.1) is 0 Å². The van der Waals surface area contributed by atoms with Gasteiger partial charge in [0.2, 0.25) is 11.8 Å². The number of aromatic nitrogens is 2. The number of carboxylic acid groups (broad SMARTS) is 1. The molecule has 0 saturated carbocycles. The molecule has 4 N–H and O–H groups in total. The van der Waals surface area contributed by atoms with Gasteiger partial charge >= 0.3 is 5.97 Å². The van der Waals surface area contributed by atoms with Crippen molar-refractivity contribution in [1.82, 2.24) is 25.5 Å². The molecule has 4 rings (SSSR count). The number of rotatable bonds is 10. The molecule has 2 aliphatic heterocycles. The lowest BCUT2D eigenvalue weighted by atomic mass is 9.91. The minimum Gasteiger partial charge on any atom is -0.481 e. The Morgan fingerprint density at radius 1 is 1.31 bits per heavy atom. The van der Waals surface area contributed by atoms with Crippen molar-refractivity contribution in [2.45, 2.75) is 51.2 Å². The molecule has 0 radical (unpaired) electrons. The van der Waals surface area contributed by atoms with Gasteiger partial charge in [0.05, 0.1) is 30.2 Å². The van der Waals surface area contributed by atoms with Gasteiger partial charge in [0.1, 0.15) is 5.82 Å². The van der Waals surface area contributed by atoms with E-state index in [1.54, 1.807) is 31.5 Å². The summed E-state index contributed by atoms with van der Waals surface area (Å²) >= 11 is 0. The maximum Gasteiger partial charge on any atom is 0.308 e. The van der Waals surface area contributed by atoms with E-state index in [2.05, 4.69) is 32.0 Å². The molecular weight excluding hydrogens is 448 g/mol. The van der Waals surface area contributed by atoms with E-state index >= 15 is 0 Å². The van der Waals surface area contributed by atoms with Crippen molar-refractivity contribution in [3.8, 4) is 0 Å². The van der Waals surface area contributed by atoms with Crippen LogP contribution >= 0.6 is 0 Å². The number of nitrogens with one attached hydrogen (secondary N) is 3. The van der Waals surface area contributed by atoms with Crippen molar-refractivity contribution in [2.75, 3.05) is 25.0 Å². The summed E-state index contributed by atoms with van der Waals surface area (Å²) in [4.78, 5) is 47.7. The molecular formula is C25H32N6O4. The molecule has 1 fully saturated rings. The number of fused-ring (bicyclic) bond motifs is 1. The number of pyridine rings is 2. The van der Waals surface area contributed by atoms with E-state index in [1.807, 2.05) is 6.07 Å². The normalized spacial score (nSPS) is 18.9. The van der Waals surface area contributed by atoms with Crippen LogP contribution in [0.15, 0.2) is 36.7 Å². The van der Waals surface area contributed by atoms with Gasteiger partial charge in [0.25, 0.3) is 0 Å². The zero-order chi connectivity index (χ0) is 24.8. The van der Waals surface area contributed by atoms with E-state index in [4.69, 9.17) is 0 Å². The van der Waals surface area contributed by atoms with Crippen LogP contribution in [-0.2, 0) is 27.3 Å². The van der Waals surface area contributed by atoms with Crippen LogP contribution in [0.3, 0.4) is 0 Å². The SMILES string of the molecule is CCC(C(=O)O)[C@@H](NC(=O)CN1CCC(NCc2ccc3c(n2)NCCC3)C1=O)c1cccnc1. The molecule has 35 heavy (non-hydrogen) atoms. The van der Waals surface area contributed by atoms with Crippen LogP contribution in [0.4, 0.5) is 5.82 Å². The number of hydrogen-bond donors (Lipinski definition) is 4. The van der Waals surface area contributed by atoms with Crippen LogP contribution in [0.2, 0.25) is 0 Å². The molecule has 4 heterocycles. The number of aryl methyl sites for hydroxylation is 1. The zero-order valence-corrected chi connectivity index (χ0v) is 19.9. The molecule has 10 nitrogen and oxygen atoms in total. The van der Waals surface area contributed by atoms with Crippen molar-refractivity contribution in [3.63, 3.8) is 0 Å². The standard InChI is InChI=1S/C25H32N6O4/c1-2-19(25(34)35)22(17-6-3-10-26-13-17)30-21(32)15-31-12-9-20(24(31)33)28-14-18-8-7-16-5-4-11-27-23(16)29-18/h3,6-8,10,13,19-20,22,28H,2,4-5,9,11-12,14-15H2,1H3,(H,27,29)(H,30,32)(H,34,35)/t19?,20?,22-/m0/s1. The molecule has 2 amide bonds. The molecule has 186 valence electrons. The maximum absolute atomic E-state index is 12.9. The van der Waals surface area contributed by atoms with Gasteiger partial charge in [0, 0.05) is 32.0 Å². The van der Waals surface area contributed by atoms with E-state index in [0.717, 1.165) is 30.9 Å². The summed E-state index contributed by atoms with van der Waals surface area (Å²) in [5, 5.41) is 19.1. The summed E-state index contributed by atoms with van der Waals surface area (Å²) < 4.78 is 0. The van der Waals surface area contributed by atoms with E-state index < -0.39 is 23.8 Å². The van der Waals surface area contributed by atoms with Crippen LogP contribution in [0.25, 0.3) is 0 Å². The minimum atomic E-state index is -0.992. The molecule has 2 aliphatic rings. The molecule has 2 aromatic rings. The highest BCUT2D eigenvalue weighted by Crippen LogP contribution is 2.25. The van der Waals surface area contributed by atoms with Crippen LogP contribution in [0, 0.1) is 5.92 Å². The number of anilines is 1. The number of likely N-dealkylation sites (tertiary alicyclic amines) is 1. The predicted molar refractivity (Wildman–Crippen MR) is 129 cm³/mol. The monoisotopic (exact) mass is 480 g/mol. The highest BCUT2D eigenvalue weighted by atomic mass is 16.4. The molecule has 3 atom stereocenters. The van der Waals surface area contributed by atoms with Gasteiger partial charge in [-0.05, 0) is 48.9 Å². The molecule has 10 heteroatoms. The molecule has 0 bridgehead atoms. The summed E-state index contributed by atoms with van der Waals surface area (Å²) in [6.45, 7) is 3.48. The summed E-state index contributed by atoms with van der Waals surface area (Å²) in [6, 6.07) is 6.40. The molecule has 0 aromatic carbocycles. The first-order valence-corrected chi connectivity index (χ1v) is 12.1. The number of aliphatic carboxylic acids is 1. The Balaban J connectivity index is 1.33. The van der Waals surface area contributed by atoms with Crippen molar-refractivity contribution in [3.05, 3.63) is 53.5 Å². The number of carbonyl (C=O) groups is 3. The summed E-state index contributed by atoms with van der Waals surface area (Å²) in [5.74, 6) is -1.41. The number of nitrogens with zero attached hydrogens (tertiary/aromatic N) is 3. The smallest absolute Gasteiger partial charge is 0.308 e. The Morgan fingerprint density at radius 3 is 2.91 bits per heavy atom. The van der Waals surface area contributed by atoms with E-state index in [0.29, 0.717) is 31.5 Å². The molecule has 1 saturated heterocycles. The summed E-state index contributed by atoms with van der Waals surface area (Å²) in [7, 11) is 0. The second kappa shape index (κ2) is 11.3. The number of hydrogen-bond acceptors (Lipinski definition) is 7. The lowest BCUT2D eigenvalue weighted by Crippen LogP contribution is -2.45. The second-order valence-electron chi connectivity index (χ2n) is 9.01. The predicted octanol–water partition coefficient (Wildman–Crippen LogP) is 1.49. The van der Waals surface area contributed by atoms with Crippen LogP contribution < -0.4 is 16.0 Å². The summed E-state index contributed by atoms with van der Waals surface area (Å²) in [5.41, 5.74) is 2.70. The third-order valence-electron chi connectivity index (χ3n) is 6.63. The van der Waals surface area contributed by atoms with Crippen molar-refractivity contribution in [1.29, 1.82) is 0 Å². The first-order valence-electron chi connectivity index (χ1n) is 12.1. The summed E-state index contributed by atoms with van der Waals surface area (Å²) in [6.07, 6.45) is 6.21. The van der Waals surface area contributed by atoms with Gasteiger partial charge in [0.15, 0.2) is 0 Å². The third kappa shape index (κ3) is 5.94. The fraction of sp³-hybridized carbons (Fsp3) is 0.480. The van der Waals surface area contributed by atoms with E-state index in [1.165, 1.54) is 10.5 Å². The van der Waals surface area contributed by atoms with Crippen molar-refractivity contribution >= 4 is 23.6 Å². The fourth-order valence-electron chi connectivity index (χ4n) is 4.70. The molecule has 2 unspecified atom stereocenters. The Morgan fingerprint density at radius 2 is 2.17 bits per heavy atom. The Labute approximate surface area is 204 Å². The molecule has 0 spiro atoms. The Hall–Kier alpha value is -3.53. The van der Waals surface area contributed by atoms with Crippen LogP contribution in [0.1, 0.15) is 49.0 Å². The minimum absolute atomic E-state index is 0.120. The van der Waals surface area contributed by atoms with Crippen LogP contribution in [0.5, 0.6) is 0 Å². The average Bonchev–Trinajstić information content (AvgIpc) is 3.21. The number of carbonyl (C=O) groups excluding carboxylic acids is 2. The van der Waals surface area contributed by atoms with Crippen LogP contribution in [-0.4, -0.2) is 63.4 Å². The zero-order valence-electron chi connectivity index (χ0n) is 19.9. The van der Waals surface area contributed by atoms with Crippen molar-refractivity contribution < 1.29 is 19.5 Å². The van der Waals surface area contributed by atoms with Gasteiger partial charge in [-0.2, -0.15) is 0 Å². The van der Waals surface area contributed by atoms with Gasteiger partial charge < -0.3 is 26.0 Å². The average molecular weight is 481 g/mol. The highest BCUT2D eigenvalue weighted by Gasteiger charge is 2.34. The first-order chi connectivity index (χ1) is 17.0. The third-order valence-corrected chi connectivity index (χ3v) is 6.63. The van der Waals surface area contributed by atoms with Gasteiger partial charge in [-0.3, -0.25) is 19.4 Å². The van der Waals surface area contributed by atoms with Gasteiger partial charge in [-0.1, -0.05) is 19.1 Å². The fourth-order valence-corrected chi connectivity index (χ4v) is 4.70. The lowest BCUT2D eigenvalue weighted by molar-refractivity contribution is -0.143. The largest absolute Gasteiger partial charge is 0.481 e. The number of carboxylic acids is 1. The van der Waals surface area contributed by atoms with E-state index in [9.17, 15) is 19.5 Å². The first kappa shape index (κ1) is 24.6. The molecule has 2 aromatic heterocycles. The van der Waals surface area contributed by atoms with E-state index in [-0.39, 0.29) is 18.5 Å². The lowest BCUT2D eigenvalue weighted by Gasteiger charge is -2.26. The quantitative estimate of drug-likeness (QED) is 0.402. The highest BCUT2D eigenvalue weighted by molar-refractivity contribution is 5.89. The maximum atomic E-state index is 12.9. The second-order valence-corrected chi connectivity index (χ2v) is 9.01. The van der Waals surface area contributed by atoms with Gasteiger partial charge in [-0.25, -0.2) is 4.98 Å². The number of amides is 2.